The number of hydrogen-bond donors (Lipinski definition) is 2. The molecule has 3 rings (SSSR count). The van der Waals surface area contributed by atoms with Crippen molar-refractivity contribution in [1.82, 2.24) is 10.7 Å². The molecule has 0 radical (unpaired) electrons. The standard InChI is InChI=1S/C23H27N3O2/c1-17(15-22(27)24-21-9-5-6-10-21)25-26-23(28)16-18-11-13-20(14-12-18)19-7-3-2-4-8-19/h2-4,7-8,11-14,21H,5-6,9-10,15-16H2,1H3,(H,24,27)(H,26,28)/b25-17-. The summed E-state index contributed by atoms with van der Waals surface area (Å²) in [6.07, 6.45) is 4.94. The average Bonchev–Trinajstić information content (AvgIpc) is 3.20. The van der Waals surface area contributed by atoms with Crippen LogP contribution in [0.1, 0.15) is 44.6 Å². The first-order valence-electron chi connectivity index (χ1n) is 9.86. The Balaban J connectivity index is 1.45. The van der Waals surface area contributed by atoms with Gasteiger partial charge in [-0.25, -0.2) is 5.43 Å². The molecule has 2 N–H and O–H groups in total. The van der Waals surface area contributed by atoms with E-state index in [0.29, 0.717) is 11.8 Å². The second-order valence-electron chi connectivity index (χ2n) is 7.35. The predicted molar refractivity (Wildman–Crippen MR) is 112 cm³/mol. The molecule has 0 saturated heterocycles. The molecule has 1 aliphatic carbocycles. The molecule has 0 spiro atoms. The SMILES string of the molecule is C/C(CC(=O)NC1CCCC1)=N/NC(=O)Cc1ccc(-c2ccccc2)cc1. The highest BCUT2D eigenvalue weighted by atomic mass is 16.2. The highest BCUT2D eigenvalue weighted by Crippen LogP contribution is 2.19. The largest absolute Gasteiger partial charge is 0.353 e. The van der Waals surface area contributed by atoms with Crippen molar-refractivity contribution in [2.75, 3.05) is 0 Å². The van der Waals surface area contributed by atoms with Gasteiger partial charge in [0, 0.05) is 11.8 Å². The van der Waals surface area contributed by atoms with Crippen LogP contribution >= 0.6 is 0 Å². The third-order valence-electron chi connectivity index (χ3n) is 4.93. The average molecular weight is 377 g/mol. The molecule has 0 aliphatic heterocycles. The molecule has 2 aromatic carbocycles. The number of nitrogens with one attached hydrogen (secondary N) is 2. The Morgan fingerprint density at radius 3 is 2.25 bits per heavy atom. The van der Waals surface area contributed by atoms with Crippen LogP contribution in [0.15, 0.2) is 59.7 Å². The van der Waals surface area contributed by atoms with Crippen molar-refractivity contribution in [3.8, 4) is 11.1 Å². The van der Waals surface area contributed by atoms with Crippen molar-refractivity contribution in [2.24, 2.45) is 5.10 Å². The van der Waals surface area contributed by atoms with Gasteiger partial charge in [-0.05, 0) is 36.5 Å². The number of carbonyl (C=O) groups is 2. The molecule has 0 unspecified atom stereocenters. The zero-order valence-electron chi connectivity index (χ0n) is 16.3. The van der Waals surface area contributed by atoms with Crippen molar-refractivity contribution in [1.29, 1.82) is 0 Å². The smallest absolute Gasteiger partial charge is 0.244 e. The van der Waals surface area contributed by atoms with Gasteiger partial charge in [0.1, 0.15) is 0 Å². The Hall–Kier alpha value is -2.95. The number of benzene rings is 2. The van der Waals surface area contributed by atoms with Crippen LogP contribution in [0.4, 0.5) is 0 Å². The molecule has 5 heteroatoms. The van der Waals surface area contributed by atoms with Gasteiger partial charge in [-0.1, -0.05) is 67.4 Å². The van der Waals surface area contributed by atoms with E-state index < -0.39 is 0 Å². The lowest BCUT2D eigenvalue weighted by Crippen LogP contribution is -2.34. The number of rotatable bonds is 7. The summed E-state index contributed by atoms with van der Waals surface area (Å²) < 4.78 is 0. The maximum Gasteiger partial charge on any atom is 0.244 e. The van der Waals surface area contributed by atoms with Gasteiger partial charge in [-0.15, -0.1) is 0 Å². The van der Waals surface area contributed by atoms with E-state index in [2.05, 4.69) is 28.0 Å². The molecule has 2 aromatic rings. The molecule has 28 heavy (non-hydrogen) atoms. The zero-order valence-corrected chi connectivity index (χ0v) is 16.3. The predicted octanol–water partition coefficient (Wildman–Crippen LogP) is 3.84. The van der Waals surface area contributed by atoms with E-state index in [9.17, 15) is 9.59 Å². The second-order valence-corrected chi connectivity index (χ2v) is 7.35. The van der Waals surface area contributed by atoms with E-state index in [1.165, 1.54) is 12.8 Å². The lowest BCUT2D eigenvalue weighted by atomic mass is 10.0. The molecular weight excluding hydrogens is 350 g/mol. The summed E-state index contributed by atoms with van der Waals surface area (Å²) in [6.45, 7) is 1.75. The van der Waals surface area contributed by atoms with Gasteiger partial charge in [-0.2, -0.15) is 5.10 Å². The molecule has 5 nitrogen and oxygen atoms in total. The van der Waals surface area contributed by atoms with Crippen molar-refractivity contribution in [2.45, 2.75) is 51.5 Å². The first kappa shape index (κ1) is 19.8. The third kappa shape index (κ3) is 6.05. The van der Waals surface area contributed by atoms with Crippen molar-refractivity contribution >= 4 is 17.5 Å². The van der Waals surface area contributed by atoms with Crippen molar-refractivity contribution < 1.29 is 9.59 Å². The molecule has 146 valence electrons. The van der Waals surface area contributed by atoms with Gasteiger partial charge >= 0.3 is 0 Å². The number of hydrazone groups is 1. The minimum atomic E-state index is -0.192. The van der Waals surface area contributed by atoms with Gasteiger partial charge in [0.15, 0.2) is 0 Å². The molecule has 0 heterocycles. The molecule has 1 saturated carbocycles. The Morgan fingerprint density at radius 1 is 0.929 bits per heavy atom. The Labute approximate surface area is 166 Å². The van der Waals surface area contributed by atoms with E-state index in [0.717, 1.165) is 29.5 Å². The van der Waals surface area contributed by atoms with Crippen LogP contribution in [-0.4, -0.2) is 23.6 Å². The molecule has 1 aliphatic rings. The highest BCUT2D eigenvalue weighted by molar-refractivity contribution is 6.00. The summed E-state index contributed by atoms with van der Waals surface area (Å²) in [7, 11) is 0. The summed E-state index contributed by atoms with van der Waals surface area (Å²) in [5.74, 6) is -0.220. The second kappa shape index (κ2) is 9.83. The Kier molecular flexibility index (Phi) is 6.95. The van der Waals surface area contributed by atoms with Crippen LogP contribution < -0.4 is 10.7 Å². The number of amides is 2. The van der Waals surface area contributed by atoms with Gasteiger partial charge in [0.05, 0.1) is 12.8 Å². The number of nitrogens with zero attached hydrogens (tertiary/aromatic N) is 1. The molecule has 0 aromatic heterocycles. The molecular formula is C23H27N3O2. The van der Waals surface area contributed by atoms with Gasteiger partial charge in [-0.3, -0.25) is 9.59 Å². The van der Waals surface area contributed by atoms with Crippen LogP contribution in [0.2, 0.25) is 0 Å². The summed E-state index contributed by atoms with van der Waals surface area (Å²) in [5, 5.41) is 7.08. The summed E-state index contributed by atoms with van der Waals surface area (Å²) >= 11 is 0. The van der Waals surface area contributed by atoms with Gasteiger partial charge in [0.2, 0.25) is 11.8 Å². The minimum Gasteiger partial charge on any atom is -0.353 e. The van der Waals surface area contributed by atoms with Crippen LogP contribution in [0.5, 0.6) is 0 Å². The zero-order chi connectivity index (χ0) is 19.8. The lowest BCUT2D eigenvalue weighted by molar-refractivity contribution is -0.121. The maximum absolute atomic E-state index is 12.1. The van der Waals surface area contributed by atoms with Crippen LogP contribution in [0.3, 0.4) is 0 Å². The first-order valence-corrected chi connectivity index (χ1v) is 9.86. The molecule has 0 atom stereocenters. The lowest BCUT2D eigenvalue weighted by Gasteiger charge is -2.11. The number of hydrogen-bond acceptors (Lipinski definition) is 3. The monoisotopic (exact) mass is 377 g/mol. The molecule has 2 amide bonds. The van der Waals surface area contributed by atoms with Gasteiger partial charge in [0.25, 0.3) is 0 Å². The molecule has 1 fully saturated rings. The highest BCUT2D eigenvalue weighted by Gasteiger charge is 2.17. The van der Waals surface area contributed by atoms with Crippen LogP contribution in [-0.2, 0) is 16.0 Å². The topological polar surface area (TPSA) is 70.6 Å². The van der Waals surface area contributed by atoms with E-state index in [1.54, 1.807) is 6.92 Å². The van der Waals surface area contributed by atoms with Crippen molar-refractivity contribution in [3.05, 3.63) is 60.2 Å². The Bertz CT molecular complexity index is 823. The van der Waals surface area contributed by atoms with E-state index >= 15 is 0 Å². The third-order valence-corrected chi connectivity index (χ3v) is 4.93. The number of carbonyl (C=O) groups excluding carboxylic acids is 2. The fourth-order valence-electron chi connectivity index (χ4n) is 3.45. The normalized spacial score (nSPS) is 14.7. The fraction of sp³-hybridized carbons (Fsp3) is 0.348. The maximum atomic E-state index is 12.1. The van der Waals surface area contributed by atoms with Gasteiger partial charge < -0.3 is 5.32 Å². The quantitative estimate of drug-likeness (QED) is 0.568. The van der Waals surface area contributed by atoms with Crippen LogP contribution in [0, 0.1) is 0 Å². The Morgan fingerprint density at radius 2 is 1.57 bits per heavy atom. The van der Waals surface area contributed by atoms with Crippen molar-refractivity contribution in [3.63, 3.8) is 0 Å². The summed E-state index contributed by atoms with van der Waals surface area (Å²) in [4.78, 5) is 24.1. The first-order chi connectivity index (χ1) is 13.6. The minimum absolute atomic E-state index is 0.0288. The summed E-state index contributed by atoms with van der Waals surface area (Å²) in [5.41, 5.74) is 6.33. The molecule has 0 bridgehead atoms. The summed E-state index contributed by atoms with van der Waals surface area (Å²) in [6, 6.07) is 18.3. The van der Waals surface area contributed by atoms with Crippen LogP contribution in [0.25, 0.3) is 11.1 Å². The van der Waals surface area contributed by atoms with E-state index in [4.69, 9.17) is 0 Å². The van der Waals surface area contributed by atoms with E-state index in [-0.39, 0.29) is 24.7 Å². The van der Waals surface area contributed by atoms with E-state index in [1.807, 2.05) is 42.5 Å². The fourth-order valence-corrected chi connectivity index (χ4v) is 3.45.